The zero-order valence-electron chi connectivity index (χ0n) is 16.5. The van der Waals surface area contributed by atoms with Gasteiger partial charge in [-0.25, -0.2) is 0 Å². The number of aromatic nitrogens is 1. The Bertz CT molecular complexity index is 774. The van der Waals surface area contributed by atoms with Crippen LogP contribution in [0.2, 0.25) is 0 Å². The van der Waals surface area contributed by atoms with Crippen LogP contribution in [0.5, 0.6) is 5.75 Å². The molecule has 1 amide bonds. The summed E-state index contributed by atoms with van der Waals surface area (Å²) in [5.41, 5.74) is 2.20. The standard InChI is InChI=1S/C22H27N3O2/c1-17(27-20-10-8-19(9-11-20)22(2,3)4)21(26)25(14-6-12-23)16-18-7-5-13-24-15-18/h5,7-11,13,15,17H,6,14,16H2,1-4H3. The van der Waals surface area contributed by atoms with E-state index < -0.39 is 6.10 Å². The van der Waals surface area contributed by atoms with Gasteiger partial charge in [-0.05, 0) is 41.7 Å². The molecule has 142 valence electrons. The highest BCUT2D eigenvalue weighted by Crippen LogP contribution is 2.24. The van der Waals surface area contributed by atoms with E-state index in [1.807, 2.05) is 36.4 Å². The number of hydrogen-bond donors (Lipinski definition) is 0. The van der Waals surface area contributed by atoms with E-state index >= 15 is 0 Å². The number of hydrogen-bond acceptors (Lipinski definition) is 4. The van der Waals surface area contributed by atoms with Crippen molar-refractivity contribution in [3.8, 4) is 11.8 Å². The lowest BCUT2D eigenvalue weighted by Crippen LogP contribution is -2.40. The third kappa shape index (κ3) is 6.10. The van der Waals surface area contributed by atoms with Gasteiger partial charge in [0, 0.05) is 25.5 Å². The summed E-state index contributed by atoms with van der Waals surface area (Å²) in [6.07, 6.45) is 3.06. The summed E-state index contributed by atoms with van der Waals surface area (Å²) in [4.78, 5) is 18.6. The molecule has 0 N–H and O–H groups in total. The van der Waals surface area contributed by atoms with Crippen molar-refractivity contribution in [2.45, 2.75) is 52.2 Å². The van der Waals surface area contributed by atoms with Crippen LogP contribution < -0.4 is 4.74 Å². The zero-order valence-corrected chi connectivity index (χ0v) is 16.5. The van der Waals surface area contributed by atoms with E-state index in [1.54, 1.807) is 24.2 Å². The van der Waals surface area contributed by atoms with Gasteiger partial charge < -0.3 is 9.64 Å². The molecule has 0 saturated carbocycles. The van der Waals surface area contributed by atoms with E-state index in [0.717, 1.165) is 5.56 Å². The molecule has 0 aliphatic heterocycles. The topological polar surface area (TPSA) is 66.2 Å². The monoisotopic (exact) mass is 365 g/mol. The minimum Gasteiger partial charge on any atom is -0.481 e. The summed E-state index contributed by atoms with van der Waals surface area (Å²) in [5.74, 6) is 0.513. The van der Waals surface area contributed by atoms with Crippen LogP contribution in [0.4, 0.5) is 0 Å². The number of carbonyl (C=O) groups excluding carboxylic acids is 1. The van der Waals surface area contributed by atoms with Gasteiger partial charge in [0.25, 0.3) is 5.91 Å². The van der Waals surface area contributed by atoms with Crippen LogP contribution in [0, 0.1) is 11.3 Å². The van der Waals surface area contributed by atoms with Crippen LogP contribution in [0.1, 0.15) is 45.2 Å². The van der Waals surface area contributed by atoms with Crippen LogP contribution in [0.15, 0.2) is 48.8 Å². The molecule has 5 nitrogen and oxygen atoms in total. The first-order chi connectivity index (χ1) is 12.8. The number of pyridine rings is 1. The number of nitrogens with zero attached hydrogens (tertiary/aromatic N) is 3. The zero-order chi connectivity index (χ0) is 19.9. The quantitative estimate of drug-likeness (QED) is 0.741. The molecule has 2 aromatic rings. The Morgan fingerprint density at radius 3 is 2.52 bits per heavy atom. The Morgan fingerprint density at radius 2 is 1.96 bits per heavy atom. The van der Waals surface area contributed by atoms with Crippen LogP contribution in [-0.4, -0.2) is 28.4 Å². The molecule has 1 heterocycles. The van der Waals surface area contributed by atoms with Gasteiger partial charge in [-0.1, -0.05) is 39.0 Å². The lowest BCUT2D eigenvalue weighted by Gasteiger charge is -2.26. The Kier molecular flexibility index (Phi) is 6.95. The SMILES string of the molecule is CC(Oc1ccc(C(C)(C)C)cc1)C(=O)N(CCC#N)Cc1cccnc1. The van der Waals surface area contributed by atoms with Crippen LogP contribution >= 0.6 is 0 Å². The number of nitriles is 1. The smallest absolute Gasteiger partial charge is 0.263 e. The fourth-order valence-corrected chi connectivity index (χ4v) is 2.71. The van der Waals surface area contributed by atoms with Gasteiger partial charge in [-0.2, -0.15) is 5.26 Å². The largest absolute Gasteiger partial charge is 0.481 e. The summed E-state index contributed by atoms with van der Waals surface area (Å²) in [6.45, 7) is 8.97. The van der Waals surface area contributed by atoms with E-state index in [0.29, 0.717) is 18.8 Å². The highest BCUT2D eigenvalue weighted by atomic mass is 16.5. The summed E-state index contributed by atoms with van der Waals surface area (Å²) >= 11 is 0. The number of benzene rings is 1. The van der Waals surface area contributed by atoms with Gasteiger partial charge >= 0.3 is 0 Å². The minimum atomic E-state index is -0.638. The van der Waals surface area contributed by atoms with Crippen LogP contribution in [0.25, 0.3) is 0 Å². The van der Waals surface area contributed by atoms with Crippen LogP contribution in [0.3, 0.4) is 0 Å². The third-order valence-electron chi connectivity index (χ3n) is 4.28. The second kappa shape index (κ2) is 9.18. The maximum Gasteiger partial charge on any atom is 0.263 e. The Hall–Kier alpha value is -2.87. The molecule has 5 heteroatoms. The van der Waals surface area contributed by atoms with Gasteiger partial charge in [-0.15, -0.1) is 0 Å². The van der Waals surface area contributed by atoms with Crippen molar-refractivity contribution in [1.82, 2.24) is 9.88 Å². The molecule has 1 aromatic heterocycles. The molecule has 2 rings (SSSR count). The second-order valence-corrected chi connectivity index (χ2v) is 7.56. The van der Waals surface area contributed by atoms with Crippen molar-refractivity contribution in [3.05, 3.63) is 59.9 Å². The average Bonchev–Trinajstić information content (AvgIpc) is 2.65. The summed E-state index contributed by atoms with van der Waals surface area (Å²) < 4.78 is 5.85. The number of amides is 1. The number of ether oxygens (including phenoxy) is 1. The maximum absolute atomic E-state index is 12.9. The molecule has 1 aromatic carbocycles. The fourth-order valence-electron chi connectivity index (χ4n) is 2.71. The predicted octanol–water partition coefficient (Wildman–Crippen LogP) is 4.09. The first-order valence-electron chi connectivity index (χ1n) is 9.13. The molecule has 0 fully saturated rings. The maximum atomic E-state index is 12.9. The van der Waals surface area contributed by atoms with Gasteiger partial charge in [0.05, 0.1) is 12.5 Å². The lowest BCUT2D eigenvalue weighted by atomic mass is 9.87. The molecule has 0 radical (unpaired) electrons. The Balaban J connectivity index is 2.06. The minimum absolute atomic E-state index is 0.0672. The predicted molar refractivity (Wildman–Crippen MR) is 105 cm³/mol. The molecule has 0 bridgehead atoms. The number of carbonyl (C=O) groups is 1. The first kappa shape index (κ1) is 20.4. The van der Waals surface area contributed by atoms with Gasteiger partial charge in [0.15, 0.2) is 6.10 Å². The van der Waals surface area contributed by atoms with Crippen molar-refractivity contribution in [2.24, 2.45) is 0 Å². The highest BCUT2D eigenvalue weighted by molar-refractivity contribution is 5.81. The molecule has 0 aliphatic rings. The summed E-state index contributed by atoms with van der Waals surface area (Å²) in [5, 5.41) is 8.90. The van der Waals surface area contributed by atoms with Crippen molar-refractivity contribution in [3.63, 3.8) is 0 Å². The summed E-state index contributed by atoms with van der Waals surface area (Å²) in [7, 11) is 0. The molecule has 27 heavy (non-hydrogen) atoms. The fraction of sp³-hybridized carbons (Fsp3) is 0.409. The van der Waals surface area contributed by atoms with Gasteiger partial charge in [0.1, 0.15) is 5.75 Å². The van der Waals surface area contributed by atoms with E-state index in [9.17, 15) is 4.79 Å². The molecule has 0 aliphatic carbocycles. The lowest BCUT2D eigenvalue weighted by molar-refractivity contribution is -0.138. The first-order valence-corrected chi connectivity index (χ1v) is 9.13. The Morgan fingerprint density at radius 1 is 1.26 bits per heavy atom. The molecule has 1 unspecified atom stereocenters. The van der Waals surface area contributed by atoms with E-state index in [1.165, 1.54) is 5.56 Å². The summed E-state index contributed by atoms with van der Waals surface area (Å²) in [6, 6.07) is 13.7. The van der Waals surface area contributed by atoms with Crippen molar-refractivity contribution in [1.29, 1.82) is 5.26 Å². The normalized spacial score (nSPS) is 12.1. The molecule has 0 spiro atoms. The molecular formula is C22H27N3O2. The van der Waals surface area contributed by atoms with Crippen molar-refractivity contribution < 1.29 is 9.53 Å². The Labute approximate surface area is 161 Å². The molecular weight excluding hydrogens is 338 g/mol. The third-order valence-corrected chi connectivity index (χ3v) is 4.28. The average molecular weight is 365 g/mol. The van der Waals surface area contributed by atoms with E-state index in [-0.39, 0.29) is 17.7 Å². The number of rotatable bonds is 7. The van der Waals surface area contributed by atoms with Gasteiger partial charge in [-0.3, -0.25) is 9.78 Å². The molecule has 0 saturated heterocycles. The van der Waals surface area contributed by atoms with Gasteiger partial charge in [0.2, 0.25) is 0 Å². The van der Waals surface area contributed by atoms with Crippen LogP contribution in [-0.2, 0) is 16.8 Å². The highest BCUT2D eigenvalue weighted by Gasteiger charge is 2.22. The van der Waals surface area contributed by atoms with E-state index in [2.05, 4.69) is 31.8 Å². The molecule has 1 atom stereocenters. The second-order valence-electron chi connectivity index (χ2n) is 7.56. The van der Waals surface area contributed by atoms with Crippen molar-refractivity contribution in [2.75, 3.05) is 6.54 Å². The van der Waals surface area contributed by atoms with Crippen molar-refractivity contribution >= 4 is 5.91 Å². The van der Waals surface area contributed by atoms with E-state index in [4.69, 9.17) is 10.00 Å².